The van der Waals surface area contributed by atoms with Crippen LogP contribution in [0.15, 0.2) is 6.20 Å². The number of aryl methyl sites for hydroxylation is 1. The molecule has 1 aromatic heterocycles. The van der Waals surface area contributed by atoms with Gasteiger partial charge < -0.3 is 10.4 Å². The highest BCUT2D eigenvalue weighted by Gasteiger charge is 2.15. The number of nitrogens with zero attached hydrogens (tertiary/aromatic N) is 2. The summed E-state index contributed by atoms with van der Waals surface area (Å²) < 4.78 is 1.70. The first-order chi connectivity index (χ1) is 7.41. The lowest BCUT2D eigenvalue weighted by molar-refractivity contribution is -0.140. The largest absolute Gasteiger partial charge is 0.481 e. The quantitative estimate of drug-likeness (QED) is 0.725. The smallest absolute Gasteiger partial charge is 0.312 e. The maximum atomic E-state index is 11.2. The lowest BCUT2D eigenvalue weighted by Crippen LogP contribution is -2.28. The molecule has 0 aliphatic heterocycles. The van der Waals surface area contributed by atoms with E-state index >= 15 is 0 Å². The van der Waals surface area contributed by atoms with E-state index in [4.69, 9.17) is 5.11 Å². The van der Waals surface area contributed by atoms with Gasteiger partial charge in [-0.3, -0.25) is 14.3 Å². The van der Waals surface area contributed by atoms with Gasteiger partial charge in [-0.15, -0.1) is 0 Å². The molecule has 6 nitrogen and oxygen atoms in total. The molecule has 1 amide bonds. The Hall–Kier alpha value is -1.85. The van der Waals surface area contributed by atoms with Crippen molar-refractivity contribution in [3.63, 3.8) is 0 Å². The van der Waals surface area contributed by atoms with Crippen LogP contribution in [0.25, 0.3) is 0 Å². The molecule has 1 aromatic rings. The lowest BCUT2D eigenvalue weighted by Gasteiger charge is -2.12. The first-order valence-electron chi connectivity index (χ1n) is 4.91. The highest BCUT2D eigenvalue weighted by Crippen LogP contribution is 2.15. The maximum Gasteiger partial charge on any atom is 0.312 e. The molecular weight excluding hydrogens is 210 g/mol. The zero-order chi connectivity index (χ0) is 12.3. The first-order valence-corrected chi connectivity index (χ1v) is 4.91. The summed E-state index contributed by atoms with van der Waals surface area (Å²) in [6.07, 6.45) is 1.16. The molecule has 0 bridgehead atoms. The third-order valence-corrected chi connectivity index (χ3v) is 2.43. The van der Waals surface area contributed by atoms with Gasteiger partial charge in [-0.1, -0.05) is 0 Å². The fourth-order valence-corrected chi connectivity index (χ4v) is 1.45. The van der Waals surface area contributed by atoms with E-state index in [9.17, 15) is 9.59 Å². The van der Waals surface area contributed by atoms with E-state index in [0.717, 1.165) is 11.3 Å². The Bertz CT molecular complexity index is 411. The fraction of sp³-hybridized carbons (Fsp3) is 0.500. The second-order valence-electron chi connectivity index (χ2n) is 3.67. The van der Waals surface area contributed by atoms with Crippen LogP contribution in [0.1, 0.15) is 30.6 Å². The van der Waals surface area contributed by atoms with Gasteiger partial charge in [0.1, 0.15) is 6.42 Å². The Labute approximate surface area is 93.3 Å². The Morgan fingerprint density at radius 3 is 2.69 bits per heavy atom. The van der Waals surface area contributed by atoms with E-state index < -0.39 is 18.3 Å². The summed E-state index contributed by atoms with van der Waals surface area (Å²) in [4.78, 5) is 21.6. The summed E-state index contributed by atoms with van der Waals surface area (Å²) in [7, 11) is 1.81. The average Bonchev–Trinajstić information content (AvgIpc) is 2.45. The van der Waals surface area contributed by atoms with E-state index in [1.807, 2.05) is 14.0 Å². The van der Waals surface area contributed by atoms with Gasteiger partial charge >= 0.3 is 5.97 Å². The number of hydrogen-bond donors (Lipinski definition) is 2. The van der Waals surface area contributed by atoms with Crippen molar-refractivity contribution in [2.45, 2.75) is 26.3 Å². The van der Waals surface area contributed by atoms with Crippen LogP contribution in [-0.4, -0.2) is 26.8 Å². The predicted molar refractivity (Wildman–Crippen MR) is 56.8 cm³/mol. The van der Waals surface area contributed by atoms with E-state index in [1.165, 1.54) is 0 Å². The number of aliphatic carboxylic acids is 1. The third kappa shape index (κ3) is 2.82. The molecule has 6 heteroatoms. The molecule has 1 heterocycles. The maximum absolute atomic E-state index is 11.2. The van der Waals surface area contributed by atoms with Crippen molar-refractivity contribution in [3.8, 4) is 0 Å². The molecule has 1 unspecified atom stereocenters. The summed E-state index contributed by atoms with van der Waals surface area (Å²) in [6, 6.07) is -0.236. The van der Waals surface area contributed by atoms with Gasteiger partial charge in [0.05, 0.1) is 12.2 Å². The van der Waals surface area contributed by atoms with Gasteiger partial charge in [0.15, 0.2) is 0 Å². The monoisotopic (exact) mass is 225 g/mol. The molecule has 1 rings (SSSR count). The summed E-state index contributed by atoms with van der Waals surface area (Å²) in [6.45, 7) is 3.69. The van der Waals surface area contributed by atoms with Crippen LogP contribution in [0.2, 0.25) is 0 Å². The number of aromatic nitrogens is 2. The molecule has 0 aliphatic carbocycles. The minimum atomic E-state index is -1.13. The van der Waals surface area contributed by atoms with E-state index in [2.05, 4.69) is 10.4 Å². The number of hydrogen-bond acceptors (Lipinski definition) is 3. The summed E-state index contributed by atoms with van der Waals surface area (Å²) >= 11 is 0. The van der Waals surface area contributed by atoms with Gasteiger partial charge in [-0.2, -0.15) is 5.10 Å². The molecule has 0 radical (unpaired) electrons. The van der Waals surface area contributed by atoms with Gasteiger partial charge in [0.2, 0.25) is 5.91 Å². The summed E-state index contributed by atoms with van der Waals surface area (Å²) in [5, 5.41) is 15.1. The van der Waals surface area contributed by atoms with E-state index in [1.54, 1.807) is 17.8 Å². The third-order valence-electron chi connectivity index (χ3n) is 2.43. The highest BCUT2D eigenvalue weighted by atomic mass is 16.4. The van der Waals surface area contributed by atoms with Crippen molar-refractivity contribution in [2.75, 3.05) is 0 Å². The standard InChI is InChI=1S/C10H15N3O3/c1-6(12-9(14)4-10(15)16)8-5-11-13(3)7(8)2/h5-6H,4H2,1-3H3,(H,12,14)(H,15,16). The minimum Gasteiger partial charge on any atom is -0.481 e. The number of carboxylic acid groups (broad SMARTS) is 1. The highest BCUT2D eigenvalue weighted by molar-refractivity contribution is 5.93. The Balaban J connectivity index is 2.65. The SMILES string of the molecule is Cc1c(C(C)NC(=O)CC(=O)O)cnn1C. The van der Waals surface area contributed by atoms with Crippen molar-refractivity contribution in [1.82, 2.24) is 15.1 Å². The number of carboxylic acids is 1. The summed E-state index contributed by atoms with van der Waals surface area (Å²) in [5.74, 6) is -1.63. The molecule has 0 saturated heterocycles. The van der Waals surface area contributed by atoms with Crippen LogP contribution >= 0.6 is 0 Å². The average molecular weight is 225 g/mol. The molecule has 2 N–H and O–H groups in total. The Morgan fingerprint density at radius 2 is 2.25 bits per heavy atom. The number of nitrogens with one attached hydrogen (secondary N) is 1. The fourth-order valence-electron chi connectivity index (χ4n) is 1.45. The topological polar surface area (TPSA) is 84.2 Å². The van der Waals surface area contributed by atoms with Crippen molar-refractivity contribution in [2.24, 2.45) is 7.05 Å². The molecule has 0 aliphatic rings. The van der Waals surface area contributed by atoms with Crippen molar-refractivity contribution in [3.05, 3.63) is 17.5 Å². The molecule has 0 aromatic carbocycles. The zero-order valence-electron chi connectivity index (χ0n) is 9.52. The minimum absolute atomic E-state index is 0.236. The Morgan fingerprint density at radius 1 is 1.62 bits per heavy atom. The zero-order valence-corrected chi connectivity index (χ0v) is 9.52. The first kappa shape index (κ1) is 12.2. The van der Waals surface area contributed by atoms with Crippen molar-refractivity contribution >= 4 is 11.9 Å². The molecule has 0 saturated carbocycles. The van der Waals surface area contributed by atoms with Crippen molar-refractivity contribution in [1.29, 1.82) is 0 Å². The van der Waals surface area contributed by atoms with E-state index in [0.29, 0.717) is 0 Å². The van der Waals surface area contributed by atoms with Crippen LogP contribution in [0, 0.1) is 6.92 Å². The van der Waals surface area contributed by atoms with Crippen LogP contribution in [0.4, 0.5) is 0 Å². The van der Waals surface area contributed by atoms with Gasteiger partial charge in [-0.05, 0) is 13.8 Å². The molecular formula is C10H15N3O3. The Kier molecular flexibility index (Phi) is 3.65. The van der Waals surface area contributed by atoms with Gasteiger partial charge in [0.25, 0.3) is 0 Å². The molecule has 0 fully saturated rings. The normalized spacial score (nSPS) is 12.2. The van der Waals surface area contributed by atoms with Gasteiger partial charge in [0, 0.05) is 18.3 Å². The lowest BCUT2D eigenvalue weighted by atomic mass is 10.1. The second kappa shape index (κ2) is 4.78. The summed E-state index contributed by atoms with van der Waals surface area (Å²) in [5.41, 5.74) is 1.84. The number of amides is 1. The molecule has 0 spiro atoms. The van der Waals surface area contributed by atoms with Gasteiger partial charge in [-0.25, -0.2) is 0 Å². The van der Waals surface area contributed by atoms with Crippen LogP contribution in [-0.2, 0) is 16.6 Å². The van der Waals surface area contributed by atoms with Crippen molar-refractivity contribution < 1.29 is 14.7 Å². The van der Waals surface area contributed by atoms with Crippen LogP contribution in [0.5, 0.6) is 0 Å². The van der Waals surface area contributed by atoms with Crippen LogP contribution < -0.4 is 5.32 Å². The molecule has 1 atom stereocenters. The van der Waals surface area contributed by atoms with Crippen LogP contribution in [0.3, 0.4) is 0 Å². The van der Waals surface area contributed by atoms with E-state index in [-0.39, 0.29) is 6.04 Å². The molecule has 16 heavy (non-hydrogen) atoms. The second-order valence-corrected chi connectivity index (χ2v) is 3.67. The number of carbonyl (C=O) groups is 2. The number of carbonyl (C=O) groups excluding carboxylic acids is 1. The number of rotatable bonds is 4. The predicted octanol–water partition coefficient (Wildman–Crippen LogP) is 0.380. The molecule has 88 valence electrons.